The zero-order valence-corrected chi connectivity index (χ0v) is 12.5. The van der Waals surface area contributed by atoms with Crippen molar-refractivity contribution < 1.29 is 0 Å². The summed E-state index contributed by atoms with van der Waals surface area (Å²) in [7, 11) is 0. The molecule has 0 aliphatic heterocycles. The van der Waals surface area contributed by atoms with Crippen LogP contribution < -0.4 is 11.1 Å². The van der Waals surface area contributed by atoms with Crippen LogP contribution in [0.25, 0.3) is 10.9 Å². The number of pyridine rings is 1. The molecule has 0 saturated carbocycles. The van der Waals surface area contributed by atoms with E-state index in [0.29, 0.717) is 22.3 Å². The minimum atomic E-state index is 0.0809. The van der Waals surface area contributed by atoms with E-state index < -0.39 is 0 Å². The monoisotopic (exact) mass is 278 g/mol. The van der Waals surface area contributed by atoms with Crippen LogP contribution in [0.4, 0.5) is 11.4 Å². The highest BCUT2D eigenvalue weighted by molar-refractivity contribution is 5.98. The number of rotatable bonds is 2. The third-order valence-corrected chi connectivity index (χ3v) is 3.07. The maximum atomic E-state index is 9.30. The molecular weight excluding hydrogens is 260 g/mol. The van der Waals surface area contributed by atoms with E-state index >= 15 is 0 Å². The molecule has 0 atom stereocenters. The molecule has 0 saturated heterocycles. The van der Waals surface area contributed by atoms with Gasteiger partial charge in [-0.2, -0.15) is 5.26 Å². The standard InChI is InChI=1S/C17H18N4/c1-5-11-6-13(19)7-14-15(11)20-9-12(8-18)16(14)21-10-17(2,3)4/h1,6-7,9H,10,19H2,2-4H3,(H,20,21). The van der Waals surface area contributed by atoms with E-state index in [-0.39, 0.29) is 5.41 Å². The fourth-order valence-corrected chi connectivity index (χ4v) is 2.06. The lowest BCUT2D eigenvalue weighted by atomic mass is 9.96. The quantitative estimate of drug-likeness (QED) is 0.653. The first kappa shape index (κ1) is 14.7. The van der Waals surface area contributed by atoms with Crippen molar-refractivity contribution in [3.8, 4) is 18.4 Å². The molecule has 106 valence electrons. The number of nitrogens with one attached hydrogen (secondary N) is 1. The Balaban J connectivity index is 2.68. The highest BCUT2D eigenvalue weighted by atomic mass is 14.9. The Kier molecular flexibility index (Phi) is 3.74. The first-order valence-corrected chi connectivity index (χ1v) is 6.68. The molecule has 0 unspecified atom stereocenters. The summed E-state index contributed by atoms with van der Waals surface area (Å²) >= 11 is 0. The number of nitrogens with zero attached hydrogens (tertiary/aromatic N) is 2. The molecule has 2 rings (SSSR count). The minimum absolute atomic E-state index is 0.0809. The third kappa shape index (κ3) is 3.07. The summed E-state index contributed by atoms with van der Waals surface area (Å²) in [6.45, 7) is 7.09. The van der Waals surface area contributed by atoms with Gasteiger partial charge < -0.3 is 11.1 Å². The molecule has 2 aromatic rings. The second kappa shape index (κ2) is 5.34. The summed E-state index contributed by atoms with van der Waals surface area (Å²) in [6, 6.07) is 5.68. The molecule has 21 heavy (non-hydrogen) atoms. The fourth-order valence-electron chi connectivity index (χ4n) is 2.06. The van der Waals surface area contributed by atoms with Crippen LogP contribution in [0, 0.1) is 29.1 Å². The Morgan fingerprint density at radius 1 is 1.33 bits per heavy atom. The van der Waals surface area contributed by atoms with Crippen molar-refractivity contribution in [1.29, 1.82) is 5.26 Å². The third-order valence-electron chi connectivity index (χ3n) is 3.07. The molecular formula is C17H18N4. The number of aromatic nitrogens is 1. The lowest BCUT2D eigenvalue weighted by molar-refractivity contribution is 0.443. The fraction of sp³-hybridized carbons (Fsp3) is 0.294. The summed E-state index contributed by atoms with van der Waals surface area (Å²) in [5, 5.41) is 13.4. The number of hydrogen-bond acceptors (Lipinski definition) is 4. The molecule has 1 aromatic carbocycles. The number of fused-ring (bicyclic) bond motifs is 1. The summed E-state index contributed by atoms with van der Waals surface area (Å²) in [5.74, 6) is 2.59. The van der Waals surface area contributed by atoms with Gasteiger partial charge in [-0.1, -0.05) is 26.7 Å². The summed E-state index contributed by atoms with van der Waals surface area (Å²) in [5.41, 5.74) is 9.09. The van der Waals surface area contributed by atoms with Crippen molar-refractivity contribution in [3.05, 3.63) is 29.5 Å². The van der Waals surface area contributed by atoms with Crippen LogP contribution in [0.1, 0.15) is 31.9 Å². The molecule has 1 heterocycles. The number of nitrogen functional groups attached to an aromatic ring is 1. The Labute approximate surface area is 125 Å². The molecule has 0 aliphatic rings. The van der Waals surface area contributed by atoms with E-state index in [0.717, 1.165) is 17.6 Å². The van der Waals surface area contributed by atoms with Gasteiger partial charge in [0.1, 0.15) is 6.07 Å². The van der Waals surface area contributed by atoms with Crippen molar-refractivity contribution >= 4 is 22.3 Å². The smallest absolute Gasteiger partial charge is 0.103 e. The molecule has 4 heteroatoms. The van der Waals surface area contributed by atoms with Gasteiger partial charge in [0.05, 0.1) is 22.3 Å². The normalized spacial score (nSPS) is 10.9. The van der Waals surface area contributed by atoms with E-state index in [9.17, 15) is 5.26 Å². The number of nitrogens with two attached hydrogens (primary N) is 1. The average Bonchev–Trinajstić information content (AvgIpc) is 2.42. The van der Waals surface area contributed by atoms with Crippen molar-refractivity contribution in [2.45, 2.75) is 20.8 Å². The molecule has 4 nitrogen and oxygen atoms in total. The molecule has 0 bridgehead atoms. The summed E-state index contributed by atoms with van der Waals surface area (Å²) in [6.07, 6.45) is 7.06. The van der Waals surface area contributed by atoms with E-state index in [4.69, 9.17) is 12.2 Å². The molecule has 3 N–H and O–H groups in total. The van der Waals surface area contributed by atoms with Crippen LogP contribution in [0.2, 0.25) is 0 Å². The van der Waals surface area contributed by atoms with Crippen LogP contribution in [0.3, 0.4) is 0 Å². The second-order valence-electron chi connectivity index (χ2n) is 6.18. The van der Waals surface area contributed by atoms with Crippen LogP contribution in [-0.4, -0.2) is 11.5 Å². The molecule has 0 aliphatic carbocycles. The van der Waals surface area contributed by atoms with E-state index in [2.05, 4.69) is 43.1 Å². The van der Waals surface area contributed by atoms with Gasteiger partial charge in [0.25, 0.3) is 0 Å². The van der Waals surface area contributed by atoms with Gasteiger partial charge in [-0.05, 0) is 17.5 Å². The molecule has 1 aromatic heterocycles. The van der Waals surface area contributed by atoms with E-state index in [1.165, 1.54) is 0 Å². The van der Waals surface area contributed by atoms with Gasteiger partial charge in [0.2, 0.25) is 0 Å². The maximum absolute atomic E-state index is 9.30. The Bertz CT molecular complexity index is 770. The highest BCUT2D eigenvalue weighted by Crippen LogP contribution is 2.30. The van der Waals surface area contributed by atoms with Gasteiger partial charge in [-0.3, -0.25) is 4.98 Å². The van der Waals surface area contributed by atoms with Gasteiger partial charge >= 0.3 is 0 Å². The van der Waals surface area contributed by atoms with Crippen molar-refractivity contribution in [1.82, 2.24) is 4.98 Å². The number of benzene rings is 1. The second-order valence-corrected chi connectivity index (χ2v) is 6.18. The Morgan fingerprint density at radius 2 is 2.05 bits per heavy atom. The van der Waals surface area contributed by atoms with Crippen molar-refractivity contribution in [2.24, 2.45) is 5.41 Å². The van der Waals surface area contributed by atoms with Gasteiger partial charge in [-0.25, -0.2) is 0 Å². The van der Waals surface area contributed by atoms with Gasteiger partial charge in [-0.15, -0.1) is 6.42 Å². The number of terminal acetylenes is 1. The predicted molar refractivity (Wildman–Crippen MR) is 86.8 cm³/mol. The average molecular weight is 278 g/mol. The Hall–Kier alpha value is -2.72. The summed E-state index contributed by atoms with van der Waals surface area (Å²) < 4.78 is 0. The van der Waals surface area contributed by atoms with Gasteiger partial charge in [0.15, 0.2) is 0 Å². The van der Waals surface area contributed by atoms with E-state index in [1.54, 1.807) is 18.3 Å². The van der Waals surface area contributed by atoms with Crippen LogP contribution in [-0.2, 0) is 0 Å². The number of anilines is 2. The Morgan fingerprint density at radius 3 is 2.62 bits per heavy atom. The minimum Gasteiger partial charge on any atom is -0.399 e. The van der Waals surface area contributed by atoms with Crippen LogP contribution >= 0.6 is 0 Å². The lowest BCUT2D eigenvalue weighted by Crippen LogP contribution is -2.19. The molecule has 0 fully saturated rings. The molecule has 0 amide bonds. The topological polar surface area (TPSA) is 74.7 Å². The van der Waals surface area contributed by atoms with Crippen LogP contribution in [0.5, 0.6) is 0 Å². The van der Waals surface area contributed by atoms with Gasteiger partial charge in [0, 0.05) is 23.8 Å². The molecule has 0 radical (unpaired) electrons. The largest absolute Gasteiger partial charge is 0.399 e. The zero-order chi connectivity index (χ0) is 15.6. The lowest BCUT2D eigenvalue weighted by Gasteiger charge is -2.21. The van der Waals surface area contributed by atoms with Crippen LogP contribution in [0.15, 0.2) is 18.3 Å². The maximum Gasteiger partial charge on any atom is 0.103 e. The SMILES string of the molecule is C#Cc1cc(N)cc2c(NCC(C)(C)C)c(C#N)cnc12. The van der Waals surface area contributed by atoms with Crippen molar-refractivity contribution in [2.75, 3.05) is 17.6 Å². The molecule has 0 spiro atoms. The first-order valence-electron chi connectivity index (χ1n) is 6.68. The number of hydrogen-bond donors (Lipinski definition) is 2. The zero-order valence-electron chi connectivity index (χ0n) is 12.5. The predicted octanol–water partition coefficient (Wildman–Crippen LogP) is 3.13. The highest BCUT2D eigenvalue weighted by Gasteiger charge is 2.15. The number of nitriles is 1. The summed E-state index contributed by atoms with van der Waals surface area (Å²) in [4.78, 5) is 4.31. The van der Waals surface area contributed by atoms with E-state index in [1.807, 2.05) is 0 Å². The van der Waals surface area contributed by atoms with Crippen molar-refractivity contribution in [3.63, 3.8) is 0 Å². The first-order chi connectivity index (χ1) is 9.85.